The Morgan fingerprint density at radius 3 is 2.70 bits per heavy atom. The molecule has 0 bridgehead atoms. The average Bonchev–Trinajstić information content (AvgIpc) is 2.99. The van der Waals surface area contributed by atoms with Crippen molar-refractivity contribution in [1.29, 1.82) is 0 Å². The van der Waals surface area contributed by atoms with Crippen LogP contribution < -0.4 is 11.1 Å². The molecule has 126 valence electrons. The monoisotopic (exact) mass is 336 g/mol. The van der Waals surface area contributed by atoms with Crippen LogP contribution >= 0.6 is 11.3 Å². The highest BCUT2D eigenvalue weighted by Crippen LogP contribution is 2.30. The second kappa shape index (κ2) is 8.79. The van der Waals surface area contributed by atoms with E-state index in [9.17, 15) is 4.79 Å². The molecule has 0 atom stereocenters. The Labute approximate surface area is 140 Å². The van der Waals surface area contributed by atoms with Crippen molar-refractivity contribution in [3.05, 3.63) is 10.9 Å². The molecule has 0 unspecified atom stereocenters. The van der Waals surface area contributed by atoms with Crippen LogP contribution in [0.15, 0.2) is 6.07 Å². The molecular weight excluding hydrogens is 312 g/mol. The first-order chi connectivity index (χ1) is 11.2. The molecule has 3 rings (SSSR count). The van der Waals surface area contributed by atoms with Gasteiger partial charge in [0.05, 0.1) is 10.3 Å². The molecule has 0 saturated heterocycles. The van der Waals surface area contributed by atoms with E-state index in [0.717, 1.165) is 41.8 Å². The van der Waals surface area contributed by atoms with E-state index in [-0.39, 0.29) is 5.95 Å². The van der Waals surface area contributed by atoms with Gasteiger partial charge in [0, 0.05) is 19.8 Å². The topological polar surface area (TPSA) is 90.1 Å². The van der Waals surface area contributed by atoms with Crippen LogP contribution in [0.5, 0.6) is 0 Å². The summed E-state index contributed by atoms with van der Waals surface area (Å²) in [5.74, 6) is 1.02. The quantitative estimate of drug-likeness (QED) is 0.831. The number of fused-ring (bicyclic) bond motifs is 1. The van der Waals surface area contributed by atoms with Gasteiger partial charge >= 0.3 is 0 Å². The molecule has 2 aromatic heterocycles. The van der Waals surface area contributed by atoms with E-state index in [2.05, 4.69) is 20.0 Å². The van der Waals surface area contributed by atoms with Gasteiger partial charge in [-0.3, -0.25) is 4.79 Å². The summed E-state index contributed by atoms with van der Waals surface area (Å²) in [5, 5.41) is 4.36. The minimum Gasteiger partial charge on any atom is -0.385 e. The van der Waals surface area contributed by atoms with E-state index >= 15 is 0 Å². The summed E-state index contributed by atoms with van der Waals surface area (Å²) in [6.45, 7) is 2.78. The first-order valence-electron chi connectivity index (χ1n) is 7.95. The summed E-state index contributed by atoms with van der Waals surface area (Å²) >= 11 is 1.35. The van der Waals surface area contributed by atoms with Crippen molar-refractivity contribution in [3.8, 4) is 0 Å². The number of nitrogens with two attached hydrogens (primary N) is 1. The maximum Gasteiger partial charge on any atom is 0.223 e. The first-order valence-corrected chi connectivity index (χ1v) is 8.77. The Morgan fingerprint density at radius 2 is 2.09 bits per heavy atom. The van der Waals surface area contributed by atoms with Crippen molar-refractivity contribution >= 4 is 39.6 Å². The van der Waals surface area contributed by atoms with Gasteiger partial charge in [0.1, 0.15) is 10.6 Å². The van der Waals surface area contributed by atoms with Crippen LogP contribution in [-0.2, 0) is 4.74 Å². The Bertz CT molecular complexity index is 636. The van der Waals surface area contributed by atoms with E-state index in [1.165, 1.54) is 30.6 Å². The third-order valence-corrected chi connectivity index (χ3v) is 4.73. The fourth-order valence-corrected chi connectivity index (χ4v) is 3.42. The maximum absolute atomic E-state index is 10.9. The average molecular weight is 336 g/mol. The molecule has 0 aliphatic heterocycles. The lowest BCUT2D eigenvalue weighted by Gasteiger charge is -2.23. The summed E-state index contributed by atoms with van der Waals surface area (Å²) in [6.07, 6.45) is 6.99. The van der Waals surface area contributed by atoms with Crippen molar-refractivity contribution in [3.63, 3.8) is 0 Å². The third kappa shape index (κ3) is 4.87. The summed E-state index contributed by atoms with van der Waals surface area (Å²) < 4.78 is 4.54. The Kier molecular flexibility index (Phi) is 6.73. The number of thiophene rings is 1. The molecule has 23 heavy (non-hydrogen) atoms. The molecule has 0 aromatic carbocycles. The normalized spacial score (nSPS) is 15.0. The number of methoxy groups -OCH3 is 1. The van der Waals surface area contributed by atoms with Crippen molar-refractivity contribution in [2.75, 3.05) is 24.8 Å². The second-order valence-corrected chi connectivity index (χ2v) is 6.53. The van der Waals surface area contributed by atoms with Crippen molar-refractivity contribution < 1.29 is 9.53 Å². The molecule has 6 nitrogen and oxygen atoms in total. The minimum absolute atomic E-state index is 0.255. The standard InChI is InChI=1S/C13H16N4OS.C3H8O/c14-13-16-11(15-8-4-2-1-3-5-8)10-6-9(7-18)19-12(10)17-13;1-3-4-2/h6-8H,1-5H2,(H3,14,15,16,17);3H2,1-2H3. The van der Waals surface area contributed by atoms with E-state index in [4.69, 9.17) is 5.73 Å². The first kappa shape index (κ1) is 17.6. The smallest absolute Gasteiger partial charge is 0.223 e. The predicted molar refractivity (Wildman–Crippen MR) is 95.3 cm³/mol. The molecule has 0 amide bonds. The van der Waals surface area contributed by atoms with Gasteiger partial charge in [0.15, 0.2) is 6.29 Å². The third-order valence-electron chi connectivity index (χ3n) is 3.78. The van der Waals surface area contributed by atoms with Crippen LogP contribution in [0.25, 0.3) is 10.2 Å². The molecule has 1 fully saturated rings. The van der Waals surface area contributed by atoms with Crippen molar-refractivity contribution in [1.82, 2.24) is 9.97 Å². The number of hydrogen-bond donors (Lipinski definition) is 2. The lowest BCUT2D eigenvalue weighted by Crippen LogP contribution is -2.23. The molecular formula is C16H24N4O2S. The highest BCUT2D eigenvalue weighted by molar-refractivity contribution is 7.20. The number of nitrogen functional groups attached to an aromatic ring is 1. The Hall–Kier alpha value is -1.73. The second-order valence-electron chi connectivity index (χ2n) is 5.47. The number of rotatable bonds is 4. The lowest BCUT2D eigenvalue weighted by atomic mass is 9.95. The van der Waals surface area contributed by atoms with Gasteiger partial charge in [-0.25, -0.2) is 4.98 Å². The molecule has 2 aromatic rings. The summed E-state index contributed by atoms with van der Waals surface area (Å²) in [7, 11) is 1.68. The number of aromatic nitrogens is 2. The zero-order valence-electron chi connectivity index (χ0n) is 13.7. The van der Waals surface area contributed by atoms with Gasteiger partial charge in [-0.15, -0.1) is 11.3 Å². The van der Waals surface area contributed by atoms with Gasteiger partial charge in [0.25, 0.3) is 0 Å². The predicted octanol–water partition coefficient (Wildman–Crippen LogP) is 3.48. The highest BCUT2D eigenvalue weighted by atomic mass is 32.1. The fourth-order valence-electron chi connectivity index (χ4n) is 2.56. The van der Waals surface area contributed by atoms with E-state index < -0.39 is 0 Å². The minimum atomic E-state index is 0.255. The number of aldehydes is 1. The van der Waals surface area contributed by atoms with Gasteiger partial charge in [-0.2, -0.15) is 4.98 Å². The van der Waals surface area contributed by atoms with Crippen molar-refractivity contribution in [2.45, 2.75) is 45.1 Å². The Morgan fingerprint density at radius 1 is 1.39 bits per heavy atom. The van der Waals surface area contributed by atoms with E-state index in [1.54, 1.807) is 7.11 Å². The molecule has 3 N–H and O–H groups in total. The number of carbonyl (C=O) groups excluding carboxylic acids is 1. The maximum atomic E-state index is 10.9. The summed E-state index contributed by atoms with van der Waals surface area (Å²) in [6, 6.07) is 2.28. The summed E-state index contributed by atoms with van der Waals surface area (Å²) in [4.78, 5) is 20.8. The summed E-state index contributed by atoms with van der Waals surface area (Å²) in [5.41, 5.74) is 5.74. The number of ether oxygens (including phenoxy) is 1. The van der Waals surface area contributed by atoms with Gasteiger partial charge in [0.2, 0.25) is 5.95 Å². The zero-order valence-corrected chi connectivity index (χ0v) is 14.5. The molecule has 0 spiro atoms. The van der Waals surface area contributed by atoms with Gasteiger partial charge in [-0.05, 0) is 25.8 Å². The molecule has 1 aliphatic rings. The molecule has 7 heteroatoms. The molecule has 1 aliphatic carbocycles. The highest BCUT2D eigenvalue weighted by Gasteiger charge is 2.17. The van der Waals surface area contributed by atoms with Crippen LogP contribution in [0.2, 0.25) is 0 Å². The SMILES string of the molecule is CCOC.Nc1nc(NC2CCCCC2)c2cc(C=O)sc2n1. The Balaban J connectivity index is 0.000000433. The number of anilines is 2. The van der Waals surface area contributed by atoms with Crippen LogP contribution in [0.4, 0.5) is 11.8 Å². The molecule has 1 saturated carbocycles. The van der Waals surface area contributed by atoms with Crippen LogP contribution in [0, 0.1) is 0 Å². The number of nitrogens with one attached hydrogen (secondary N) is 1. The molecule has 2 heterocycles. The van der Waals surface area contributed by atoms with Crippen LogP contribution in [0.1, 0.15) is 48.7 Å². The molecule has 0 radical (unpaired) electrons. The number of hydrogen-bond acceptors (Lipinski definition) is 7. The van der Waals surface area contributed by atoms with E-state index in [1.807, 2.05) is 13.0 Å². The van der Waals surface area contributed by atoms with Crippen LogP contribution in [-0.4, -0.2) is 36.0 Å². The van der Waals surface area contributed by atoms with Gasteiger partial charge < -0.3 is 15.8 Å². The zero-order chi connectivity index (χ0) is 16.7. The fraction of sp³-hybridized carbons (Fsp3) is 0.562. The number of nitrogens with zero attached hydrogens (tertiary/aromatic N) is 2. The van der Waals surface area contributed by atoms with Crippen molar-refractivity contribution in [2.24, 2.45) is 0 Å². The van der Waals surface area contributed by atoms with Crippen LogP contribution in [0.3, 0.4) is 0 Å². The number of carbonyl (C=O) groups is 1. The van der Waals surface area contributed by atoms with E-state index in [0.29, 0.717) is 10.9 Å². The largest absolute Gasteiger partial charge is 0.385 e. The lowest BCUT2D eigenvalue weighted by molar-refractivity contribution is 0.112. The van der Waals surface area contributed by atoms with Gasteiger partial charge in [-0.1, -0.05) is 19.3 Å².